The molecule has 0 unspecified atom stereocenters. The smallest absolute Gasteiger partial charge is 0.271 e. The van der Waals surface area contributed by atoms with Gasteiger partial charge >= 0.3 is 0 Å². The van der Waals surface area contributed by atoms with Gasteiger partial charge in [-0.25, -0.2) is 4.98 Å². The number of ketones is 1. The summed E-state index contributed by atoms with van der Waals surface area (Å²) in [5.74, 6) is 0.332. The zero-order valence-electron chi connectivity index (χ0n) is 21.4. The van der Waals surface area contributed by atoms with Crippen molar-refractivity contribution in [2.45, 2.75) is 111 Å². The van der Waals surface area contributed by atoms with E-state index in [1.807, 2.05) is 0 Å². The average Bonchev–Trinajstić information content (AvgIpc) is 3.22. The lowest BCUT2D eigenvalue weighted by Gasteiger charge is -2.01. The largest absolute Gasteiger partial charge is 0.359 e. The van der Waals surface area contributed by atoms with Gasteiger partial charge in [-0.2, -0.15) is 0 Å². The lowest BCUT2D eigenvalue weighted by molar-refractivity contribution is -0.120. The van der Waals surface area contributed by atoms with Crippen LogP contribution in [0.5, 0.6) is 0 Å². The minimum absolute atomic E-state index is 0.154. The maximum absolute atomic E-state index is 10.9. The van der Waals surface area contributed by atoms with Gasteiger partial charge in [0.1, 0.15) is 11.5 Å². The summed E-state index contributed by atoms with van der Waals surface area (Å²) in [6, 6.07) is 0. The first-order chi connectivity index (χ1) is 15.3. The number of amides is 2. The van der Waals surface area contributed by atoms with E-state index in [2.05, 4.69) is 34.4 Å². The number of hydrogen-bond donors (Lipinski definition) is 3. The van der Waals surface area contributed by atoms with Crippen LogP contribution in [0.15, 0.2) is 6.33 Å². The lowest BCUT2D eigenvalue weighted by Crippen LogP contribution is -2.19. The molecule has 7 nitrogen and oxygen atoms in total. The minimum Gasteiger partial charge on any atom is -0.359 e. The van der Waals surface area contributed by atoms with Crippen LogP contribution in [0.3, 0.4) is 0 Å². The number of imidazole rings is 1. The Morgan fingerprint density at radius 2 is 1.34 bits per heavy atom. The fourth-order valence-corrected chi connectivity index (χ4v) is 2.85. The number of H-pyrrole nitrogens is 1. The van der Waals surface area contributed by atoms with Crippen molar-refractivity contribution < 1.29 is 14.4 Å². The van der Waals surface area contributed by atoms with Crippen molar-refractivity contribution in [3.8, 4) is 0 Å². The van der Waals surface area contributed by atoms with Gasteiger partial charge in [-0.3, -0.25) is 9.59 Å². The van der Waals surface area contributed by atoms with Crippen LogP contribution in [0.2, 0.25) is 0 Å². The third-order valence-electron chi connectivity index (χ3n) is 4.94. The molecule has 1 aromatic rings. The van der Waals surface area contributed by atoms with E-state index in [0.29, 0.717) is 17.9 Å². The normalized spacial score (nSPS) is 9.69. The molecule has 1 heterocycles. The number of unbranched alkanes of at least 4 members (excludes halogenated alkanes) is 9. The first kappa shape index (κ1) is 32.0. The number of rotatable bonds is 14. The average molecular weight is 453 g/mol. The number of carbonyl (C=O) groups is 3. The van der Waals surface area contributed by atoms with E-state index < -0.39 is 0 Å². The fraction of sp³-hybridized carbons (Fsp3) is 0.760. The Bertz CT molecular complexity index is 600. The molecule has 0 aromatic carbocycles. The molecule has 1 aromatic heterocycles. The van der Waals surface area contributed by atoms with E-state index >= 15 is 0 Å². The second-order valence-electron chi connectivity index (χ2n) is 8.01. The van der Waals surface area contributed by atoms with Crippen LogP contribution in [-0.4, -0.2) is 41.7 Å². The number of carbonyl (C=O) groups excluding carboxylic acids is 3. The molecule has 0 saturated heterocycles. The van der Waals surface area contributed by atoms with E-state index in [9.17, 15) is 14.4 Å². The second kappa shape index (κ2) is 23.5. The Morgan fingerprint density at radius 1 is 0.812 bits per heavy atom. The molecule has 186 valence electrons. The van der Waals surface area contributed by atoms with Gasteiger partial charge in [0.25, 0.3) is 5.91 Å². The van der Waals surface area contributed by atoms with E-state index in [0.717, 1.165) is 31.4 Å². The summed E-state index contributed by atoms with van der Waals surface area (Å²) in [4.78, 5) is 38.6. The predicted molar refractivity (Wildman–Crippen MR) is 133 cm³/mol. The summed E-state index contributed by atoms with van der Waals surface area (Å²) in [6.45, 7) is 7.77. The lowest BCUT2D eigenvalue weighted by atomic mass is 10.1. The maximum Gasteiger partial charge on any atom is 0.271 e. The number of aryl methyl sites for hydroxylation is 1. The second-order valence-corrected chi connectivity index (χ2v) is 8.01. The van der Waals surface area contributed by atoms with E-state index in [1.165, 1.54) is 57.7 Å². The quantitative estimate of drug-likeness (QED) is 0.324. The summed E-state index contributed by atoms with van der Waals surface area (Å²) >= 11 is 0. The topological polar surface area (TPSA) is 104 Å². The van der Waals surface area contributed by atoms with Crippen molar-refractivity contribution in [2.75, 3.05) is 14.1 Å². The zero-order chi connectivity index (χ0) is 24.6. The summed E-state index contributed by atoms with van der Waals surface area (Å²) < 4.78 is 0. The van der Waals surface area contributed by atoms with Crippen LogP contribution in [0.4, 0.5) is 0 Å². The Balaban J connectivity index is 0. The molecule has 32 heavy (non-hydrogen) atoms. The highest BCUT2D eigenvalue weighted by atomic mass is 16.2. The van der Waals surface area contributed by atoms with E-state index in [1.54, 1.807) is 27.9 Å². The van der Waals surface area contributed by atoms with Gasteiger partial charge < -0.3 is 20.4 Å². The highest BCUT2D eigenvalue weighted by Gasteiger charge is 2.07. The molecule has 7 heteroatoms. The molecular weight excluding hydrogens is 404 g/mol. The Kier molecular flexibility index (Phi) is 23.5. The SMILES string of the molecule is CCCCC(C)=O.CCCCCCCCCCCC(=O)NC.CNC(=O)c1nc[nH]c1C. The van der Waals surface area contributed by atoms with Gasteiger partial charge in [0.05, 0.1) is 6.33 Å². The number of hydrogen-bond acceptors (Lipinski definition) is 4. The molecule has 0 atom stereocenters. The fourth-order valence-electron chi connectivity index (χ4n) is 2.85. The van der Waals surface area contributed by atoms with Crippen LogP contribution < -0.4 is 10.6 Å². The first-order valence-electron chi connectivity index (χ1n) is 12.3. The highest BCUT2D eigenvalue weighted by Crippen LogP contribution is 2.10. The van der Waals surface area contributed by atoms with Crippen molar-refractivity contribution >= 4 is 17.6 Å². The van der Waals surface area contributed by atoms with Crippen molar-refractivity contribution in [3.05, 3.63) is 17.7 Å². The molecule has 1 rings (SSSR count). The Hall–Kier alpha value is -2.18. The summed E-state index contributed by atoms with van der Waals surface area (Å²) in [6.07, 6.45) is 16.9. The van der Waals surface area contributed by atoms with Crippen LogP contribution in [0.25, 0.3) is 0 Å². The number of nitrogens with one attached hydrogen (secondary N) is 3. The molecule has 0 saturated carbocycles. The summed E-state index contributed by atoms with van der Waals surface area (Å²) in [5.41, 5.74) is 1.25. The van der Waals surface area contributed by atoms with Crippen LogP contribution in [0, 0.1) is 6.92 Å². The van der Waals surface area contributed by atoms with Crippen molar-refractivity contribution in [2.24, 2.45) is 0 Å². The van der Waals surface area contributed by atoms with Gasteiger partial charge in [0, 0.05) is 32.6 Å². The van der Waals surface area contributed by atoms with Gasteiger partial charge in [-0.1, -0.05) is 71.6 Å². The van der Waals surface area contributed by atoms with Crippen molar-refractivity contribution in [3.63, 3.8) is 0 Å². The van der Waals surface area contributed by atoms with Gasteiger partial charge in [-0.05, 0) is 26.7 Å². The molecule has 2 amide bonds. The van der Waals surface area contributed by atoms with E-state index in [-0.39, 0.29) is 11.8 Å². The number of nitrogens with zero attached hydrogens (tertiary/aromatic N) is 1. The third-order valence-corrected chi connectivity index (χ3v) is 4.94. The van der Waals surface area contributed by atoms with E-state index in [4.69, 9.17) is 0 Å². The standard InChI is InChI=1S/C13H27NO.C6H9N3O.C6H12O/c1-3-4-5-6-7-8-9-10-11-12-13(15)14-2;1-4-5(6(10)7-2)9-3-8-4;1-3-4-5-6(2)7/h3-12H2,1-2H3,(H,14,15);3H,1-2H3,(H,7,10)(H,8,9);3-5H2,1-2H3. The van der Waals surface area contributed by atoms with Crippen molar-refractivity contribution in [1.82, 2.24) is 20.6 Å². The Morgan fingerprint density at radius 3 is 1.72 bits per heavy atom. The van der Waals surface area contributed by atoms with Crippen molar-refractivity contribution in [1.29, 1.82) is 0 Å². The monoisotopic (exact) mass is 452 g/mol. The molecule has 0 radical (unpaired) electrons. The molecule has 0 fully saturated rings. The van der Waals surface area contributed by atoms with Gasteiger partial charge in [-0.15, -0.1) is 0 Å². The molecular formula is C25H48N4O3. The first-order valence-corrected chi connectivity index (χ1v) is 12.3. The molecule has 0 aliphatic carbocycles. The van der Waals surface area contributed by atoms with Crippen LogP contribution >= 0.6 is 0 Å². The molecule has 0 aliphatic rings. The molecule has 3 N–H and O–H groups in total. The maximum atomic E-state index is 10.9. The highest BCUT2D eigenvalue weighted by molar-refractivity contribution is 5.92. The molecule has 0 aliphatic heterocycles. The Labute approximate surface area is 195 Å². The van der Waals surface area contributed by atoms with Gasteiger partial charge in [0.2, 0.25) is 5.91 Å². The summed E-state index contributed by atoms with van der Waals surface area (Å²) in [5, 5.41) is 5.14. The van der Waals surface area contributed by atoms with Crippen LogP contribution in [-0.2, 0) is 9.59 Å². The number of Topliss-reactive ketones (excluding diaryl/α,β-unsaturated/α-hetero) is 1. The minimum atomic E-state index is -0.154. The zero-order valence-corrected chi connectivity index (χ0v) is 21.4. The third kappa shape index (κ3) is 21.1. The summed E-state index contributed by atoms with van der Waals surface area (Å²) in [7, 11) is 3.28. The van der Waals surface area contributed by atoms with Gasteiger partial charge in [0.15, 0.2) is 0 Å². The molecule has 0 spiro atoms. The molecule has 0 bridgehead atoms. The predicted octanol–water partition coefficient (Wildman–Crippen LogP) is 5.50. The number of aromatic amines is 1. The van der Waals surface area contributed by atoms with Crippen LogP contribution in [0.1, 0.15) is 120 Å². The number of aromatic nitrogens is 2.